The van der Waals surface area contributed by atoms with Crippen LogP contribution in [0, 0.1) is 0 Å². The Labute approximate surface area is 170 Å². The molecule has 6 heteroatoms. The van der Waals surface area contributed by atoms with Gasteiger partial charge in [0.1, 0.15) is 5.75 Å². The minimum absolute atomic E-state index is 0.108. The largest absolute Gasteiger partial charge is 0.497 e. The maximum absolute atomic E-state index is 12.0. The molecular weight excluding hydrogens is 366 g/mol. The minimum atomic E-state index is -0.286. The molecular formula is C23H25N3O3. The number of nitrogens with one attached hydrogen (secondary N) is 3. The Morgan fingerprint density at radius 3 is 2.31 bits per heavy atom. The highest BCUT2D eigenvalue weighted by Crippen LogP contribution is 2.21. The first-order valence-corrected chi connectivity index (χ1v) is 9.53. The van der Waals surface area contributed by atoms with E-state index in [0.29, 0.717) is 13.1 Å². The molecule has 0 bridgehead atoms. The molecule has 6 nitrogen and oxygen atoms in total. The van der Waals surface area contributed by atoms with E-state index in [-0.39, 0.29) is 24.9 Å². The molecule has 0 fully saturated rings. The van der Waals surface area contributed by atoms with Gasteiger partial charge in [-0.25, -0.2) is 4.79 Å². The second-order valence-corrected chi connectivity index (χ2v) is 6.67. The number of fused-ring (bicyclic) bond motifs is 1. The van der Waals surface area contributed by atoms with Crippen molar-refractivity contribution in [3.05, 3.63) is 77.9 Å². The monoisotopic (exact) mass is 391 g/mol. The maximum Gasteiger partial charge on any atom is 0.315 e. The Kier molecular flexibility index (Phi) is 7.05. The molecule has 0 aromatic heterocycles. The molecule has 3 aromatic carbocycles. The van der Waals surface area contributed by atoms with Crippen LogP contribution in [0.5, 0.6) is 5.75 Å². The fourth-order valence-corrected chi connectivity index (χ4v) is 2.93. The molecule has 3 amide bonds. The van der Waals surface area contributed by atoms with Gasteiger partial charge in [-0.1, -0.05) is 48.5 Å². The zero-order valence-corrected chi connectivity index (χ0v) is 16.4. The quantitative estimate of drug-likeness (QED) is 0.551. The Hall–Kier alpha value is -3.54. The first kappa shape index (κ1) is 20.2. The van der Waals surface area contributed by atoms with Crippen LogP contribution in [-0.2, 0) is 17.9 Å². The third-order valence-electron chi connectivity index (χ3n) is 4.54. The van der Waals surface area contributed by atoms with Crippen molar-refractivity contribution in [3.63, 3.8) is 0 Å². The molecule has 29 heavy (non-hydrogen) atoms. The predicted molar refractivity (Wildman–Crippen MR) is 114 cm³/mol. The van der Waals surface area contributed by atoms with E-state index >= 15 is 0 Å². The van der Waals surface area contributed by atoms with Crippen LogP contribution in [0.15, 0.2) is 66.7 Å². The van der Waals surface area contributed by atoms with Gasteiger partial charge in [-0.2, -0.15) is 0 Å². The van der Waals surface area contributed by atoms with Crippen LogP contribution in [0.25, 0.3) is 10.8 Å². The fourth-order valence-electron chi connectivity index (χ4n) is 2.93. The average Bonchev–Trinajstić information content (AvgIpc) is 2.76. The van der Waals surface area contributed by atoms with Crippen LogP contribution in [0.2, 0.25) is 0 Å². The van der Waals surface area contributed by atoms with Crippen LogP contribution in [0.1, 0.15) is 17.5 Å². The van der Waals surface area contributed by atoms with Crippen molar-refractivity contribution in [2.45, 2.75) is 19.5 Å². The molecule has 0 unspecified atom stereocenters. The minimum Gasteiger partial charge on any atom is -0.497 e. The van der Waals surface area contributed by atoms with Crippen LogP contribution >= 0.6 is 0 Å². The molecule has 0 aliphatic carbocycles. The van der Waals surface area contributed by atoms with Gasteiger partial charge in [0, 0.05) is 26.1 Å². The number of hydrogen-bond donors (Lipinski definition) is 3. The van der Waals surface area contributed by atoms with Crippen LogP contribution in [-0.4, -0.2) is 25.6 Å². The van der Waals surface area contributed by atoms with Crippen LogP contribution in [0.4, 0.5) is 4.79 Å². The van der Waals surface area contributed by atoms with Crippen molar-refractivity contribution in [2.75, 3.05) is 13.7 Å². The highest BCUT2D eigenvalue weighted by Gasteiger charge is 2.05. The van der Waals surface area contributed by atoms with Crippen molar-refractivity contribution in [3.8, 4) is 5.75 Å². The summed E-state index contributed by atoms with van der Waals surface area (Å²) in [7, 11) is 1.65. The number of rotatable bonds is 8. The molecule has 0 saturated carbocycles. The second-order valence-electron chi connectivity index (χ2n) is 6.67. The van der Waals surface area contributed by atoms with Crippen molar-refractivity contribution in [2.24, 2.45) is 0 Å². The highest BCUT2D eigenvalue weighted by atomic mass is 16.5. The van der Waals surface area contributed by atoms with E-state index < -0.39 is 0 Å². The summed E-state index contributed by atoms with van der Waals surface area (Å²) in [6.45, 7) is 1.18. The number of benzene rings is 3. The van der Waals surface area contributed by atoms with Gasteiger partial charge in [-0.15, -0.1) is 0 Å². The number of amides is 3. The first-order chi connectivity index (χ1) is 14.1. The number of carbonyl (C=O) groups excluding carboxylic acids is 2. The lowest BCUT2D eigenvalue weighted by Gasteiger charge is -2.09. The van der Waals surface area contributed by atoms with Gasteiger partial charge in [0.25, 0.3) is 0 Å². The molecule has 0 heterocycles. The van der Waals surface area contributed by atoms with E-state index in [4.69, 9.17) is 4.74 Å². The third-order valence-corrected chi connectivity index (χ3v) is 4.54. The Balaban J connectivity index is 1.37. The Bertz CT molecular complexity index is 974. The summed E-state index contributed by atoms with van der Waals surface area (Å²) in [6, 6.07) is 21.3. The number of carbonyl (C=O) groups is 2. The zero-order valence-electron chi connectivity index (χ0n) is 16.4. The van der Waals surface area contributed by atoms with Crippen molar-refractivity contribution in [1.29, 1.82) is 0 Å². The summed E-state index contributed by atoms with van der Waals surface area (Å²) >= 11 is 0. The number of methoxy groups -OCH3 is 1. The summed E-state index contributed by atoms with van der Waals surface area (Å²) in [4.78, 5) is 23.8. The van der Waals surface area contributed by atoms with Gasteiger partial charge in [-0.05, 0) is 40.1 Å². The van der Waals surface area contributed by atoms with E-state index in [1.165, 1.54) is 0 Å². The van der Waals surface area contributed by atoms with Crippen LogP contribution in [0.3, 0.4) is 0 Å². The predicted octanol–water partition coefficient (Wildman–Crippen LogP) is 3.35. The smallest absolute Gasteiger partial charge is 0.315 e. The van der Waals surface area contributed by atoms with Gasteiger partial charge in [0.15, 0.2) is 0 Å². The second kappa shape index (κ2) is 10.1. The van der Waals surface area contributed by atoms with Crippen LogP contribution < -0.4 is 20.7 Å². The Morgan fingerprint density at radius 1 is 0.793 bits per heavy atom. The SMILES string of the molecule is COc1ccc2cc(CNC(=O)CCNC(=O)NCc3ccccc3)ccc2c1. The van der Waals surface area contributed by atoms with E-state index in [2.05, 4.69) is 16.0 Å². The molecule has 150 valence electrons. The molecule has 3 aromatic rings. The van der Waals surface area contributed by atoms with Crippen molar-refractivity contribution in [1.82, 2.24) is 16.0 Å². The van der Waals surface area contributed by atoms with Crippen molar-refractivity contribution < 1.29 is 14.3 Å². The lowest BCUT2D eigenvalue weighted by Crippen LogP contribution is -2.37. The number of urea groups is 1. The summed E-state index contributed by atoms with van der Waals surface area (Å²) < 4.78 is 5.23. The standard InChI is InChI=1S/C23H25N3O3/c1-29-21-10-9-19-13-18(7-8-20(19)14-21)16-25-22(27)11-12-24-23(28)26-15-17-5-3-2-4-6-17/h2-10,13-14H,11-12,15-16H2,1H3,(H,25,27)(H2,24,26,28). The molecule has 3 N–H and O–H groups in total. The lowest BCUT2D eigenvalue weighted by atomic mass is 10.1. The highest BCUT2D eigenvalue weighted by molar-refractivity contribution is 5.84. The fraction of sp³-hybridized carbons (Fsp3) is 0.217. The summed E-state index contributed by atoms with van der Waals surface area (Å²) in [5.41, 5.74) is 2.04. The number of hydrogen-bond acceptors (Lipinski definition) is 3. The average molecular weight is 391 g/mol. The lowest BCUT2D eigenvalue weighted by molar-refractivity contribution is -0.121. The zero-order chi connectivity index (χ0) is 20.5. The third kappa shape index (κ3) is 6.24. The van der Waals surface area contributed by atoms with Gasteiger partial charge in [-0.3, -0.25) is 4.79 Å². The normalized spacial score (nSPS) is 10.4. The molecule has 0 aliphatic heterocycles. The summed E-state index contributed by atoms with van der Waals surface area (Å²) in [6.07, 6.45) is 0.226. The van der Waals surface area contributed by atoms with Crippen molar-refractivity contribution >= 4 is 22.7 Å². The van der Waals surface area contributed by atoms with Gasteiger partial charge in [0.2, 0.25) is 5.91 Å². The molecule has 0 atom stereocenters. The molecule has 3 rings (SSSR count). The molecule has 0 saturated heterocycles. The van der Waals surface area contributed by atoms with E-state index in [0.717, 1.165) is 27.6 Å². The number of ether oxygens (including phenoxy) is 1. The van der Waals surface area contributed by atoms with Gasteiger partial charge >= 0.3 is 6.03 Å². The van der Waals surface area contributed by atoms with E-state index in [1.54, 1.807) is 7.11 Å². The van der Waals surface area contributed by atoms with Gasteiger partial charge in [0.05, 0.1) is 7.11 Å². The molecule has 0 aliphatic rings. The van der Waals surface area contributed by atoms with Gasteiger partial charge < -0.3 is 20.7 Å². The maximum atomic E-state index is 12.0. The molecule has 0 radical (unpaired) electrons. The van der Waals surface area contributed by atoms with E-state index in [9.17, 15) is 9.59 Å². The van der Waals surface area contributed by atoms with E-state index in [1.807, 2.05) is 66.7 Å². The molecule has 0 spiro atoms. The summed E-state index contributed by atoms with van der Waals surface area (Å²) in [5, 5.41) is 10.5. The topological polar surface area (TPSA) is 79.5 Å². The Morgan fingerprint density at radius 2 is 1.52 bits per heavy atom. The summed E-state index contributed by atoms with van der Waals surface area (Å²) in [5.74, 6) is 0.710. The first-order valence-electron chi connectivity index (χ1n) is 9.53.